The van der Waals surface area contributed by atoms with Crippen molar-refractivity contribution in [2.45, 2.75) is 44.6 Å². The molecule has 1 unspecified atom stereocenters. The van der Waals surface area contributed by atoms with E-state index in [1.807, 2.05) is 11.8 Å². The van der Waals surface area contributed by atoms with Gasteiger partial charge in [0.25, 0.3) is 0 Å². The van der Waals surface area contributed by atoms with Crippen LogP contribution in [0.2, 0.25) is 0 Å². The molecule has 0 aromatic carbocycles. The summed E-state index contributed by atoms with van der Waals surface area (Å²) in [6, 6.07) is 0. The summed E-state index contributed by atoms with van der Waals surface area (Å²) in [6.45, 7) is 2.84. The number of aromatic nitrogens is 2. The van der Waals surface area contributed by atoms with Crippen LogP contribution >= 0.6 is 0 Å². The van der Waals surface area contributed by atoms with E-state index >= 15 is 0 Å². The summed E-state index contributed by atoms with van der Waals surface area (Å²) in [4.78, 5) is 26.1. The number of piperidine rings is 1. The van der Waals surface area contributed by atoms with Crippen LogP contribution in [0.15, 0.2) is 24.5 Å². The first-order valence-corrected chi connectivity index (χ1v) is 8.21. The van der Waals surface area contributed by atoms with Crippen LogP contribution in [0.5, 0.6) is 0 Å². The fourth-order valence-corrected chi connectivity index (χ4v) is 3.53. The molecule has 23 heavy (non-hydrogen) atoms. The number of aliphatic carboxylic acids is 1. The number of allylic oxidation sites excluding steroid dienone is 2. The highest BCUT2D eigenvalue weighted by molar-refractivity contribution is 5.79. The highest BCUT2D eigenvalue weighted by Crippen LogP contribution is 2.31. The van der Waals surface area contributed by atoms with Crippen LogP contribution in [0.1, 0.15) is 37.7 Å². The molecule has 1 aliphatic heterocycles. The van der Waals surface area contributed by atoms with Crippen LogP contribution in [-0.4, -0.2) is 44.8 Å². The maximum atomic E-state index is 12.4. The van der Waals surface area contributed by atoms with Crippen LogP contribution in [0.4, 0.5) is 0 Å². The molecule has 0 bridgehead atoms. The lowest BCUT2D eigenvalue weighted by Gasteiger charge is -2.39. The third-order valence-corrected chi connectivity index (χ3v) is 5.04. The number of amides is 1. The Morgan fingerprint density at radius 2 is 2.13 bits per heavy atom. The molecule has 6 nitrogen and oxygen atoms in total. The van der Waals surface area contributed by atoms with Gasteiger partial charge < -0.3 is 10.0 Å². The maximum absolute atomic E-state index is 12.4. The van der Waals surface area contributed by atoms with Gasteiger partial charge in [-0.15, -0.1) is 0 Å². The van der Waals surface area contributed by atoms with Crippen molar-refractivity contribution < 1.29 is 14.7 Å². The minimum atomic E-state index is -1.03. The standard InChI is InChI=1S/C17H23N3O3/c1-13-11-18-20(12-13)17(16(22)23)6-8-19(9-7-17)15(21)10-14-4-2-3-5-14/h2,4,11-12,14H,3,5-10H2,1H3,(H,22,23). The molecule has 1 fully saturated rings. The van der Waals surface area contributed by atoms with Crippen molar-refractivity contribution in [2.24, 2.45) is 5.92 Å². The zero-order valence-corrected chi connectivity index (χ0v) is 13.4. The monoisotopic (exact) mass is 317 g/mol. The van der Waals surface area contributed by atoms with E-state index in [1.54, 1.807) is 17.1 Å². The molecular weight excluding hydrogens is 294 g/mol. The first kappa shape index (κ1) is 15.8. The average Bonchev–Trinajstić information content (AvgIpc) is 3.19. The minimum Gasteiger partial charge on any atom is -0.479 e. The quantitative estimate of drug-likeness (QED) is 0.861. The van der Waals surface area contributed by atoms with Gasteiger partial charge in [-0.3, -0.25) is 9.48 Å². The maximum Gasteiger partial charge on any atom is 0.331 e. The van der Waals surface area contributed by atoms with E-state index in [9.17, 15) is 14.7 Å². The Morgan fingerprint density at radius 3 is 2.65 bits per heavy atom. The van der Waals surface area contributed by atoms with Gasteiger partial charge in [0.2, 0.25) is 5.91 Å². The number of aryl methyl sites for hydroxylation is 1. The number of nitrogens with zero attached hydrogens (tertiary/aromatic N) is 3. The third kappa shape index (κ3) is 3.02. The van der Waals surface area contributed by atoms with E-state index in [1.165, 1.54) is 0 Å². The van der Waals surface area contributed by atoms with Gasteiger partial charge in [0.15, 0.2) is 5.54 Å². The Labute approximate surface area is 135 Å². The van der Waals surface area contributed by atoms with E-state index in [0.717, 1.165) is 18.4 Å². The lowest BCUT2D eigenvalue weighted by Crippen LogP contribution is -2.52. The average molecular weight is 317 g/mol. The Hall–Kier alpha value is -2.11. The Kier molecular flexibility index (Phi) is 4.24. The summed E-state index contributed by atoms with van der Waals surface area (Å²) in [5.41, 5.74) is -0.0877. The molecule has 3 rings (SSSR count). The summed E-state index contributed by atoms with van der Waals surface area (Å²) >= 11 is 0. The molecule has 1 N–H and O–H groups in total. The SMILES string of the molecule is Cc1cnn(C2(C(=O)O)CCN(C(=O)CC3C=CCC3)CC2)c1. The van der Waals surface area contributed by atoms with Crippen molar-refractivity contribution in [1.82, 2.24) is 14.7 Å². The van der Waals surface area contributed by atoms with Crippen molar-refractivity contribution in [1.29, 1.82) is 0 Å². The van der Waals surface area contributed by atoms with Crippen molar-refractivity contribution in [3.63, 3.8) is 0 Å². The Balaban J connectivity index is 1.66. The summed E-state index contributed by atoms with van der Waals surface area (Å²) in [7, 11) is 0. The Morgan fingerprint density at radius 1 is 1.39 bits per heavy atom. The molecule has 1 atom stereocenters. The van der Waals surface area contributed by atoms with E-state index in [0.29, 0.717) is 38.3 Å². The first-order chi connectivity index (χ1) is 11.0. The molecule has 0 radical (unpaired) electrons. The second-order valence-corrected chi connectivity index (χ2v) is 6.65. The van der Waals surface area contributed by atoms with Crippen LogP contribution in [0, 0.1) is 12.8 Å². The number of carboxylic acids is 1. The van der Waals surface area contributed by atoms with Crippen molar-refractivity contribution >= 4 is 11.9 Å². The summed E-state index contributed by atoms with van der Waals surface area (Å²) in [5.74, 6) is -0.383. The molecule has 124 valence electrons. The molecule has 0 saturated carbocycles. The van der Waals surface area contributed by atoms with E-state index in [-0.39, 0.29) is 5.91 Å². The van der Waals surface area contributed by atoms with Crippen LogP contribution in [-0.2, 0) is 15.1 Å². The van der Waals surface area contributed by atoms with Gasteiger partial charge in [0.1, 0.15) is 0 Å². The smallest absolute Gasteiger partial charge is 0.331 e. The number of hydrogen-bond donors (Lipinski definition) is 1. The summed E-state index contributed by atoms with van der Waals surface area (Å²) in [6.07, 6.45) is 11.1. The van der Waals surface area contributed by atoms with Gasteiger partial charge in [-0.1, -0.05) is 12.2 Å². The molecule has 1 saturated heterocycles. The van der Waals surface area contributed by atoms with E-state index in [2.05, 4.69) is 17.3 Å². The zero-order valence-electron chi connectivity index (χ0n) is 13.4. The molecule has 2 heterocycles. The number of rotatable bonds is 4. The Bertz CT molecular complexity index is 627. The number of carbonyl (C=O) groups excluding carboxylic acids is 1. The highest BCUT2D eigenvalue weighted by Gasteiger charge is 2.44. The third-order valence-electron chi connectivity index (χ3n) is 5.04. The van der Waals surface area contributed by atoms with Gasteiger partial charge in [0.05, 0.1) is 6.20 Å². The largest absolute Gasteiger partial charge is 0.479 e. The number of carbonyl (C=O) groups is 2. The topological polar surface area (TPSA) is 75.4 Å². The molecule has 0 spiro atoms. The van der Waals surface area contributed by atoms with E-state index < -0.39 is 11.5 Å². The first-order valence-electron chi connectivity index (χ1n) is 8.21. The predicted octanol–water partition coefficient (Wildman–Crippen LogP) is 1.95. The molecule has 1 amide bonds. The molecule has 1 aliphatic carbocycles. The van der Waals surface area contributed by atoms with Gasteiger partial charge in [0, 0.05) is 38.5 Å². The van der Waals surface area contributed by atoms with Crippen LogP contribution < -0.4 is 0 Å². The molecule has 6 heteroatoms. The van der Waals surface area contributed by atoms with E-state index in [4.69, 9.17) is 0 Å². The predicted molar refractivity (Wildman–Crippen MR) is 84.9 cm³/mol. The second-order valence-electron chi connectivity index (χ2n) is 6.65. The number of likely N-dealkylation sites (tertiary alicyclic amines) is 1. The van der Waals surface area contributed by atoms with Crippen LogP contribution in [0.25, 0.3) is 0 Å². The minimum absolute atomic E-state index is 0.136. The van der Waals surface area contributed by atoms with Crippen molar-refractivity contribution in [3.8, 4) is 0 Å². The van der Waals surface area contributed by atoms with Crippen LogP contribution in [0.3, 0.4) is 0 Å². The zero-order chi connectivity index (χ0) is 16.4. The van der Waals surface area contributed by atoms with Gasteiger partial charge >= 0.3 is 5.97 Å². The van der Waals surface area contributed by atoms with Crippen molar-refractivity contribution in [2.75, 3.05) is 13.1 Å². The fraction of sp³-hybridized carbons (Fsp3) is 0.588. The van der Waals surface area contributed by atoms with Gasteiger partial charge in [-0.05, 0) is 31.2 Å². The normalized spacial score (nSPS) is 23.2. The summed E-state index contributed by atoms with van der Waals surface area (Å²) in [5, 5.41) is 13.9. The lowest BCUT2D eigenvalue weighted by molar-refractivity contribution is -0.153. The molecule has 1 aromatic heterocycles. The summed E-state index contributed by atoms with van der Waals surface area (Å²) < 4.78 is 1.56. The molecular formula is C17H23N3O3. The van der Waals surface area contributed by atoms with Gasteiger partial charge in [-0.25, -0.2) is 4.79 Å². The second kappa shape index (κ2) is 6.18. The van der Waals surface area contributed by atoms with Crippen molar-refractivity contribution in [3.05, 3.63) is 30.1 Å². The van der Waals surface area contributed by atoms with Gasteiger partial charge in [-0.2, -0.15) is 5.10 Å². The molecule has 1 aromatic rings. The lowest BCUT2D eigenvalue weighted by atomic mass is 9.87. The highest BCUT2D eigenvalue weighted by atomic mass is 16.4. The number of hydrogen-bond acceptors (Lipinski definition) is 3. The number of carboxylic acid groups (broad SMARTS) is 1. The molecule has 2 aliphatic rings. The fourth-order valence-electron chi connectivity index (χ4n) is 3.53.